The SMILES string of the molecule is CN=C(NCc1ccn(C2CCCC2)n1)NC(C)CCS(C)(=O)=O.I. The number of halogens is 1. The molecule has 1 aromatic heterocycles. The maximum absolute atomic E-state index is 11.2. The summed E-state index contributed by atoms with van der Waals surface area (Å²) in [7, 11) is -1.23. The molecule has 1 heterocycles. The smallest absolute Gasteiger partial charge is 0.191 e. The van der Waals surface area contributed by atoms with Gasteiger partial charge in [-0.05, 0) is 32.3 Å². The predicted molar refractivity (Wildman–Crippen MR) is 112 cm³/mol. The molecule has 1 aliphatic rings. The Morgan fingerprint density at radius 2 is 2.12 bits per heavy atom. The molecule has 1 aromatic rings. The van der Waals surface area contributed by atoms with Crippen LogP contribution in [0.15, 0.2) is 17.3 Å². The number of hydrogen-bond donors (Lipinski definition) is 2. The molecule has 25 heavy (non-hydrogen) atoms. The van der Waals surface area contributed by atoms with E-state index in [9.17, 15) is 8.42 Å². The number of hydrogen-bond acceptors (Lipinski definition) is 4. The highest BCUT2D eigenvalue weighted by atomic mass is 127. The van der Waals surface area contributed by atoms with Gasteiger partial charge in [0.05, 0.1) is 24.0 Å². The van der Waals surface area contributed by atoms with Crippen molar-refractivity contribution in [2.45, 2.75) is 57.7 Å². The van der Waals surface area contributed by atoms with Gasteiger partial charge in [-0.3, -0.25) is 9.67 Å². The summed E-state index contributed by atoms with van der Waals surface area (Å²) in [5.41, 5.74) is 0.980. The van der Waals surface area contributed by atoms with Crippen LogP contribution < -0.4 is 10.6 Å². The largest absolute Gasteiger partial charge is 0.354 e. The minimum absolute atomic E-state index is 0. The van der Waals surface area contributed by atoms with Crippen molar-refractivity contribution in [3.63, 3.8) is 0 Å². The van der Waals surface area contributed by atoms with E-state index in [4.69, 9.17) is 0 Å². The van der Waals surface area contributed by atoms with Gasteiger partial charge in [0.25, 0.3) is 0 Å². The number of sulfone groups is 1. The van der Waals surface area contributed by atoms with Crippen molar-refractivity contribution in [3.05, 3.63) is 18.0 Å². The molecule has 1 atom stereocenters. The molecule has 0 aliphatic heterocycles. The van der Waals surface area contributed by atoms with Gasteiger partial charge in [-0.25, -0.2) is 8.42 Å². The lowest BCUT2D eigenvalue weighted by Crippen LogP contribution is -2.42. The predicted octanol–water partition coefficient (Wildman–Crippen LogP) is 2.10. The van der Waals surface area contributed by atoms with Crippen molar-refractivity contribution in [2.24, 2.45) is 4.99 Å². The van der Waals surface area contributed by atoms with Crippen LogP contribution >= 0.6 is 24.0 Å². The maximum atomic E-state index is 11.2. The Balaban J connectivity index is 0.00000312. The Morgan fingerprint density at radius 3 is 2.72 bits per heavy atom. The summed E-state index contributed by atoms with van der Waals surface area (Å²) < 4.78 is 24.5. The Bertz CT molecular complexity index is 653. The lowest BCUT2D eigenvalue weighted by Gasteiger charge is -2.17. The van der Waals surface area contributed by atoms with Crippen LogP contribution in [0.3, 0.4) is 0 Å². The first-order chi connectivity index (χ1) is 11.4. The maximum Gasteiger partial charge on any atom is 0.191 e. The highest BCUT2D eigenvalue weighted by Crippen LogP contribution is 2.28. The average Bonchev–Trinajstić information content (AvgIpc) is 3.19. The standard InChI is InChI=1S/C16H29N5O2S.HI/c1-13(9-11-24(3,22)23)19-16(17-2)18-12-14-8-10-21(20-14)15-6-4-5-7-15;/h8,10,13,15H,4-7,9,11-12H2,1-3H3,(H2,17,18,19);1H. The van der Waals surface area contributed by atoms with Crippen LogP contribution in [0, 0.1) is 0 Å². The van der Waals surface area contributed by atoms with E-state index in [1.165, 1.54) is 31.9 Å². The van der Waals surface area contributed by atoms with Crippen LogP contribution in [0.5, 0.6) is 0 Å². The van der Waals surface area contributed by atoms with E-state index in [0.29, 0.717) is 25.0 Å². The van der Waals surface area contributed by atoms with Crippen molar-refractivity contribution < 1.29 is 8.42 Å². The normalized spacial score (nSPS) is 17.2. The number of aromatic nitrogens is 2. The van der Waals surface area contributed by atoms with Crippen molar-refractivity contribution in [1.29, 1.82) is 0 Å². The Morgan fingerprint density at radius 1 is 1.44 bits per heavy atom. The van der Waals surface area contributed by atoms with E-state index in [-0.39, 0.29) is 35.8 Å². The van der Waals surface area contributed by atoms with Crippen LogP contribution in [0.25, 0.3) is 0 Å². The van der Waals surface area contributed by atoms with Gasteiger partial charge >= 0.3 is 0 Å². The number of nitrogens with zero attached hydrogens (tertiary/aromatic N) is 3. The molecule has 144 valence electrons. The van der Waals surface area contributed by atoms with E-state index in [1.807, 2.05) is 13.0 Å². The van der Waals surface area contributed by atoms with Crippen molar-refractivity contribution in [2.75, 3.05) is 19.1 Å². The molecule has 1 aliphatic carbocycles. The quantitative estimate of drug-likeness (QED) is 0.353. The van der Waals surface area contributed by atoms with Crippen LogP contribution in [0.2, 0.25) is 0 Å². The van der Waals surface area contributed by atoms with E-state index >= 15 is 0 Å². The third-order valence-corrected chi connectivity index (χ3v) is 5.31. The fraction of sp³-hybridized carbons (Fsp3) is 0.750. The van der Waals surface area contributed by atoms with Crippen molar-refractivity contribution >= 4 is 39.8 Å². The molecule has 0 radical (unpaired) electrons. The van der Waals surface area contributed by atoms with Crippen LogP contribution in [-0.4, -0.2) is 49.3 Å². The van der Waals surface area contributed by atoms with Gasteiger partial charge in [0.15, 0.2) is 5.96 Å². The highest BCUT2D eigenvalue weighted by Gasteiger charge is 2.17. The minimum atomic E-state index is -2.94. The van der Waals surface area contributed by atoms with E-state index in [0.717, 1.165) is 5.69 Å². The van der Waals surface area contributed by atoms with Gasteiger partial charge in [-0.2, -0.15) is 5.10 Å². The third kappa shape index (κ3) is 7.93. The first kappa shape index (κ1) is 22.2. The second-order valence-electron chi connectivity index (χ2n) is 6.62. The van der Waals surface area contributed by atoms with E-state index < -0.39 is 9.84 Å². The van der Waals surface area contributed by atoms with Crippen LogP contribution in [0.4, 0.5) is 0 Å². The fourth-order valence-corrected chi connectivity index (χ4v) is 3.69. The molecule has 0 amide bonds. The zero-order valence-corrected chi connectivity index (χ0v) is 18.4. The Kier molecular flexibility index (Phi) is 9.19. The average molecular weight is 483 g/mol. The topological polar surface area (TPSA) is 88.4 Å². The van der Waals surface area contributed by atoms with E-state index in [2.05, 4.69) is 31.6 Å². The summed E-state index contributed by atoms with van der Waals surface area (Å²) in [6, 6.07) is 2.61. The molecule has 2 N–H and O–H groups in total. The number of rotatable bonds is 7. The first-order valence-electron chi connectivity index (χ1n) is 8.56. The molecule has 0 bridgehead atoms. The summed E-state index contributed by atoms with van der Waals surface area (Å²) in [5, 5.41) is 11.1. The number of nitrogens with one attached hydrogen (secondary N) is 2. The second-order valence-corrected chi connectivity index (χ2v) is 8.87. The molecule has 0 aromatic carbocycles. The number of aliphatic imine (C=N–C) groups is 1. The molecule has 1 fully saturated rings. The number of guanidine groups is 1. The molecular formula is C16H30IN5O2S. The van der Waals surface area contributed by atoms with E-state index in [1.54, 1.807) is 7.05 Å². The first-order valence-corrected chi connectivity index (χ1v) is 10.6. The van der Waals surface area contributed by atoms with Crippen molar-refractivity contribution in [3.8, 4) is 0 Å². The Hall–Kier alpha value is -0.840. The molecule has 1 unspecified atom stereocenters. The van der Waals surface area contributed by atoms with Gasteiger partial charge in [-0.15, -0.1) is 24.0 Å². The van der Waals surface area contributed by atoms with Gasteiger partial charge in [0.2, 0.25) is 0 Å². The molecular weight excluding hydrogens is 453 g/mol. The monoisotopic (exact) mass is 483 g/mol. The Labute approximate surface area is 168 Å². The van der Waals surface area contributed by atoms with Crippen LogP contribution in [0.1, 0.15) is 50.8 Å². The zero-order valence-electron chi connectivity index (χ0n) is 15.2. The molecule has 0 saturated heterocycles. The fourth-order valence-electron chi connectivity index (χ4n) is 2.91. The summed E-state index contributed by atoms with van der Waals surface area (Å²) in [4.78, 5) is 4.18. The molecule has 2 rings (SSSR count). The van der Waals surface area contributed by atoms with Gasteiger partial charge in [-0.1, -0.05) is 12.8 Å². The molecule has 1 saturated carbocycles. The van der Waals surface area contributed by atoms with Crippen LogP contribution in [-0.2, 0) is 16.4 Å². The summed E-state index contributed by atoms with van der Waals surface area (Å²) in [6.07, 6.45) is 8.88. The van der Waals surface area contributed by atoms with Gasteiger partial charge < -0.3 is 10.6 Å². The minimum Gasteiger partial charge on any atom is -0.354 e. The summed E-state index contributed by atoms with van der Waals surface area (Å²) in [6.45, 7) is 2.55. The molecule has 9 heteroatoms. The molecule has 7 nitrogen and oxygen atoms in total. The second kappa shape index (κ2) is 10.3. The van der Waals surface area contributed by atoms with Gasteiger partial charge in [0, 0.05) is 25.5 Å². The zero-order chi connectivity index (χ0) is 17.6. The summed E-state index contributed by atoms with van der Waals surface area (Å²) >= 11 is 0. The summed E-state index contributed by atoms with van der Waals surface area (Å²) in [5.74, 6) is 0.829. The lowest BCUT2D eigenvalue weighted by atomic mass is 10.3. The highest BCUT2D eigenvalue weighted by molar-refractivity contribution is 14.0. The molecule has 0 spiro atoms. The van der Waals surface area contributed by atoms with Crippen molar-refractivity contribution in [1.82, 2.24) is 20.4 Å². The lowest BCUT2D eigenvalue weighted by molar-refractivity contribution is 0.462. The van der Waals surface area contributed by atoms with Gasteiger partial charge in [0.1, 0.15) is 9.84 Å². The third-order valence-electron chi connectivity index (χ3n) is 4.33.